The molecule has 2 aliphatic rings. The van der Waals surface area contributed by atoms with Crippen LogP contribution in [0.1, 0.15) is 19.3 Å². The van der Waals surface area contributed by atoms with E-state index in [4.69, 9.17) is 0 Å². The Hall–Kier alpha value is -2.32. The van der Waals surface area contributed by atoms with E-state index in [9.17, 15) is 22.8 Å². The Bertz CT molecular complexity index is 641. The summed E-state index contributed by atoms with van der Waals surface area (Å²) in [5.74, 6) is -1.09. The van der Waals surface area contributed by atoms with Gasteiger partial charge in [0.2, 0.25) is 11.8 Å². The SMILES string of the molecule is O=C1CN(c2ccc(NC(=O)C3(C(F)(F)F)CCC3)nc2)CCN1. The van der Waals surface area contributed by atoms with Gasteiger partial charge in [0.1, 0.15) is 11.2 Å². The zero-order chi connectivity index (χ0) is 17.4. The van der Waals surface area contributed by atoms with Gasteiger partial charge in [-0.25, -0.2) is 4.98 Å². The van der Waals surface area contributed by atoms with Crippen molar-refractivity contribution in [3.8, 4) is 0 Å². The number of amides is 2. The van der Waals surface area contributed by atoms with E-state index in [1.165, 1.54) is 12.3 Å². The van der Waals surface area contributed by atoms with E-state index in [1.807, 2.05) is 0 Å². The number of hydrogen-bond donors (Lipinski definition) is 2. The van der Waals surface area contributed by atoms with Crippen LogP contribution in [0.4, 0.5) is 24.7 Å². The second-order valence-electron chi connectivity index (χ2n) is 6.06. The van der Waals surface area contributed by atoms with Gasteiger partial charge < -0.3 is 15.5 Å². The number of piperazine rings is 1. The third kappa shape index (κ3) is 2.90. The van der Waals surface area contributed by atoms with E-state index in [-0.39, 0.29) is 31.1 Å². The van der Waals surface area contributed by atoms with E-state index in [0.717, 1.165) is 0 Å². The fourth-order valence-electron chi connectivity index (χ4n) is 2.91. The average Bonchev–Trinajstić information content (AvgIpc) is 2.45. The molecule has 1 saturated carbocycles. The molecular weight excluding hydrogens is 325 g/mol. The average molecular weight is 342 g/mol. The van der Waals surface area contributed by atoms with E-state index in [1.54, 1.807) is 11.0 Å². The van der Waals surface area contributed by atoms with Crippen molar-refractivity contribution in [1.82, 2.24) is 10.3 Å². The molecule has 2 amide bonds. The summed E-state index contributed by atoms with van der Waals surface area (Å²) in [6, 6.07) is 3.07. The van der Waals surface area contributed by atoms with E-state index in [0.29, 0.717) is 25.2 Å². The Morgan fingerprint density at radius 2 is 2.08 bits per heavy atom. The third-order valence-corrected chi connectivity index (χ3v) is 4.58. The Morgan fingerprint density at radius 1 is 1.33 bits per heavy atom. The fourth-order valence-corrected chi connectivity index (χ4v) is 2.91. The van der Waals surface area contributed by atoms with Gasteiger partial charge in [-0.1, -0.05) is 6.42 Å². The summed E-state index contributed by atoms with van der Waals surface area (Å²) in [5, 5.41) is 4.96. The molecule has 0 radical (unpaired) electrons. The van der Waals surface area contributed by atoms with E-state index < -0.39 is 17.5 Å². The lowest BCUT2D eigenvalue weighted by Crippen LogP contribution is -2.52. The van der Waals surface area contributed by atoms with Crippen molar-refractivity contribution < 1.29 is 22.8 Å². The van der Waals surface area contributed by atoms with E-state index >= 15 is 0 Å². The number of anilines is 2. The molecule has 2 heterocycles. The first-order valence-corrected chi connectivity index (χ1v) is 7.68. The number of carbonyl (C=O) groups is 2. The quantitative estimate of drug-likeness (QED) is 0.877. The fraction of sp³-hybridized carbons (Fsp3) is 0.533. The summed E-state index contributed by atoms with van der Waals surface area (Å²) in [4.78, 5) is 29.2. The first kappa shape index (κ1) is 16.5. The van der Waals surface area contributed by atoms with Crippen molar-refractivity contribution in [2.24, 2.45) is 5.41 Å². The van der Waals surface area contributed by atoms with E-state index in [2.05, 4.69) is 15.6 Å². The highest BCUT2D eigenvalue weighted by molar-refractivity contribution is 5.96. The van der Waals surface area contributed by atoms with Crippen molar-refractivity contribution in [2.75, 3.05) is 29.9 Å². The minimum atomic E-state index is -4.56. The van der Waals surface area contributed by atoms with Crippen LogP contribution in [-0.4, -0.2) is 42.6 Å². The monoisotopic (exact) mass is 342 g/mol. The number of pyridine rings is 1. The molecule has 24 heavy (non-hydrogen) atoms. The minimum absolute atomic E-state index is 0.0701. The lowest BCUT2D eigenvalue weighted by atomic mass is 9.67. The van der Waals surface area contributed by atoms with Crippen LogP contribution in [-0.2, 0) is 9.59 Å². The normalized spacial score (nSPS) is 20.1. The van der Waals surface area contributed by atoms with Crippen LogP contribution in [0.2, 0.25) is 0 Å². The highest BCUT2D eigenvalue weighted by Gasteiger charge is 2.63. The molecule has 2 N–H and O–H groups in total. The van der Waals surface area contributed by atoms with Crippen LogP contribution in [0.3, 0.4) is 0 Å². The van der Waals surface area contributed by atoms with Gasteiger partial charge in [0.05, 0.1) is 18.4 Å². The third-order valence-electron chi connectivity index (χ3n) is 4.58. The molecular formula is C15H17F3N4O2. The molecule has 9 heteroatoms. The summed E-state index contributed by atoms with van der Waals surface area (Å²) in [6.07, 6.45) is -3.12. The lowest BCUT2D eigenvalue weighted by molar-refractivity contribution is -0.240. The molecule has 2 fully saturated rings. The largest absolute Gasteiger partial charge is 0.403 e. The van der Waals surface area contributed by atoms with Crippen LogP contribution in [0, 0.1) is 5.41 Å². The summed E-state index contributed by atoms with van der Waals surface area (Å²) in [7, 11) is 0. The molecule has 1 aliphatic heterocycles. The Labute approximate surface area is 136 Å². The van der Waals surface area contributed by atoms with Crippen LogP contribution < -0.4 is 15.5 Å². The summed E-state index contributed by atoms with van der Waals surface area (Å²) >= 11 is 0. The lowest BCUT2D eigenvalue weighted by Gasteiger charge is -2.41. The molecule has 6 nitrogen and oxygen atoms in total. The van der Waals surface area contributed by atoms with Crippen molar-refractivity contribution in [3.05, 3.63) is 18.3 Å². The Balaban J connectivity index is 1.68. The molecule has 0 aromatic carbocycles. The van der Waals surface area contributed by atoms with Gasteiger partial charge in [-0.3, -0.25) is 9.59 Å². The molecule has 0 unspecified atom stereocenters. The topological polar surface area (TPSA) is 74.3 Å². The van der Waals surface area contributed by atoms with Crippen LogP contribution in [0.25, 0.3) is 0 Å². The number of aromatic nitrogens is 1. The van der Waals surface area contributed by atoms with Crippen molar-refractivity contribution in [1.29, 1.82) is 0 Å². The van der Waals surface area contributed by atoms with Gasteiger partial charge in [0.25, 0.3) is 0 Å². The van der Waals surface area contributed by atoms with Gasteiger partial charge in [-0.05, 0) is 25.0 Å². The molecule has 130 valence electrons. The predicted molar refractivity (Wildman–Crippen MR) is 80.4 cm³/mol. The summed E-state index contributed by atoms with van der Waals surface area (Å²) < 4.78 is 39.4. The Kier molecular flexibility index (Phi) is 4.10. The number of nitrogens with one attached hydrogen (secondary N) is 2. The first-order valence-electron chi connectivity index (χ1n) is 7.68. The van der Waals surface area contributed by atoms with Crippen molar-refractivity contribution in [3.63, 3.8) is 0 Å². The van der Waals surface area contributed by atoms with Gasteiger partial charge in [-0.2, -0.15) is 13.2 Å². The predicted octanol–water partition coefficient (Wildman–Crippen LogP) is 1.69. The highest BCUT2D eigenvalue weighted by Crippen LogP contribution is 2.53. The molecule has 0 spiro atoms. The number of nitrogens with zero attached hydrogens (tertiary/aromatic N) is 2. The molecule has 1 aromatic rings. The number of hydrogen-bond acceptors (Lipinski definition) is 4. The smallest absolute Gasteiger partial charge is 0.359 e. The second-order valence-corrected chi connectivity index (χ2v) is 6.06. The zero-order valence-corrected chi connectivity index (χ0v) is 12.8. The van der Waals surface area contributed by atoms with Crippen LogP contribution in [0.5, 0.6) is 0 Å². The molecule has 0 atom stereocenters. The van der Waals surface area contributed by atoms with Gasteiger partial charge in [-0.15, -0.1) is 0 Å². The molecule has 1 aromatic heterocycles. The summed E-state index contributed by atoms with van der Waals surface area (Å²) in [5.41, 5.74) is -1.62. The van der Waals surface area contributed by atoms with Gasteiger partial charge in [0.15, 0.2) is 0 Å². The first-order chi connectivity index (χ1) is 11.3. The number of halogens is 3. The Morgan fingerprint density at radius 3 is 2.58 bits per heavy atom. The number of alkyl halides is 3. The van der Waals surface area contributed by atoms with Crippen LogP contribution >= 0.6 is 0 Å². The molecule has 1 saturated heterocycles. The summed E-state index contributed by atoms with van der Waals surface area (Å²) in [6.45, 7) is 1.34. The van der Waals surface area contributed by atoms with Crippen molar-refractivity contribution >= 4 is 23.3 Å². The highest BCUT2D eigenvalue weighted by atomic mass is 19.4. The molecule has 1 aliphatic carbocycles. The number of rotatable bonds is 3. The van der Waals surface area contributed by atoms with Gasteiger partial charge in [0, 0.05) is 13.1 Å². The second kappa shape index (κ2) is 5.95. The van der Waals surface area contributed by atoms with Crippen LogP contribution in [0.15, 0.2) is 18.3 Å². The maximum Gasteiger partial charge on any atom is 0.403 e. The van der Waals surface area contributed by atoms with Gasteiger partial charge >= 0.3 is 6.18 Å². The maximum atomic E-state index is 13.1. The minimum Gasteiger partial charge on any atom is -0.359 e. The standard InChI is InChI=1S/C15H17F3N4O2/c16-15(17,18)14(4-1-5-14)13(24)21-11-3-2-10(8-20-11)22-7-6-19-12(23)9-22/h2-3,8H,1,4-7,9H2,(H,19,23)(H,20,21,24). The molecule has 0 bridgehead atoms. The molecule has 3 rings (SSSR count). The van der Waals surface area contributed by atoms with Crippen molar-refractivity contribution in [2.45, 2.75) is 25.4 Å². The zero-order valence-electron chi connectivity index (χ0n) is 12.8. The number of carbonyl (C=O) groups excluding carboxylic acids is 2. The maximum absolute atomic E-state index is 13.1.